The maximum atomic E-state index is 13.4. The lowest BCUT2D eigenvalue weighted by Gasteiger charge is -2.08. The molecule has 0 amide bonds. The Bertz CT molecular complexity index is 609. The molecule has 0 spiro atoms. The molecule has 0 fully saturated rings. The number of carbonyl (C=O) groups is 1. The van der Waals surface area contributed by atoms with Gasteiger partial charge in [0.15, 0.2) is 0 Å². The van der Waals surface area contributed by atoms with E-state index in [2.05, 4.69) is 0 Å². The van der Waals surface area contributed by atoms with E-state index in [-0.39, 0.29) is 12.2 Å². The smallest absolute Gasteiger partial charge is 0.150 e. The van der Waals surface area contributed by atoms with Crippen LogP contribution in [0.4, 0.5) is 8.78 Å². The molecular formula is C15H12F2O2. The first-order valence-corrected chi connectivity index (χ1v) is 5.72. The molecule has 0 saturated heterocycles. The Labute approximate surface area is 109 Å². The first kappa shape index (κ1) is 13.2. The fraction of sp³-hybridized carbons (Fsp3) is 0.133. The fourth-order valence-electron chi connectivity index (χ4n) is 1.74. The summed E-state index contributed by atoms with van der Waals surface area (Å²) in [6.45, 7) is 1.73. The molecule has 0 atom stereocenters. The second-order valence-corrected chi connectivity index (χ2v) is 4.22. The summed E-state index contributed by atoms with van der Waals surface area (Å²) in [5.74, 6) is -0.590. The van der Waals surface area contributed by atoms with Crippen molar-refractivity contribution in [1.29, 1.82) is 0 Å². The highest BCUT2D eigenvalue weighted by molar-refractivity contribution is 5.76. The summed E-state index contributed by atoms with van der Waals surface area (Å²) in [6, 6.07) is 8.19. The van der Waals surface area contributed by atoms with Gasteiger partial charge in [0.05, 0.1) is 0 Å². The predicted molar refractivity (Wildman–Crippen MR) is 67.3 cm³/mol. The molecule has 4 heteroatoms. The van der Waals surface area contributed by atoms with Crippen LogP contribution in [0.3, 0.4) is 0 Å². The highest BCUT2D eigenvalue weighted by Crippen LogP contribution is 2.18. The normalized spacial score (nSPS) is 10.3. The first-order valence-electron chi connectivity index (χ1n) is 5.72. The number of aryl methyl sites for hydroxylation is 1. The average molecular weight is 262 g/mol. The maximum Gasteiger partial charge on any atom is 0.150 e. The van der Waals surface area contributed by atoms with E-state index < -0.39 is 11.6 Å². The molecule has 0 heterocycles. The van der Waals surface area contributed by atoms with E-state index in [4.69, 9.17) is 4.74 Å². The Balaban J connectivity index is 2.16. The Morgan fingerprint density at radius 1 is 1.16 bits per heavy atom. The van der Waals surface area contributed by atoms with Gasteiger partial charge in [-0.3, -0.25) is 4.79 Å². The summed E-state index contributed by atoms with van der Waals surface area (Å²) in [6.07, 6.45) is 0.711. The van der Waals surface area contributed by atoms with Gasteiger partial charge in [-0.15, -0.1) is 0 Å². The molecule has 0 bridgehead atoms. The van der Waals surface area contributed by atoms with E-state index in [1.165, 1.54) is 0 Å². The van der Waals surface area contributed by atoms with Crippen LogP contribution in [0.5, 0.6) is 5.75 Å². The summed E-state index contributed by atoms with van der Waals surface area (Å²) in [7, 11) is 0. The lowest BCUT2D eigenvalue weighted by Crippen LogP contribution is -2.00. The summed E-state index contributed by atoms with van der Waals surface area (Å²) in [5.41, 5.74) is 1.48. The van der Waals surface area contributed by atoms with Crippen LogP contribution in [0.25, 0.3) is 0 Å². The topological polar surface area (TPSA) is 26.3 Å². The molecule has 0 aliphatic carbocycles. The molecular weight excluding hydrogens is 250 g/mol. The Morgan fingerprint density at radius 2 is 1.95 bits per heavy atom. The van der Waals surface area contributed by atoms with Crippen LogP contribution in [-0.4, -0.2) is 6.29 Å². The van der Waals surface area contributed by atoms with Crippen molar-refractivity contribution in [2.45, 2.75) is 13.5 Å². The van der Waals surface area contributed by atoms with E-state index in [0.717, 1.165) is 23.8 Å². The Morgan fingerprint density at radius 3 is 2.68 bits per heavy atom. The van der Waals surface area contributed by atoms with Gasteiger partial charge < -0.3 is 4.74 Å². The van der Waals surface area contributed by atoms with Gasteiger partial charge in [-0.05, 0) is 48.9 Å². The summed E-state index contributed by atoms with van der Waals surface area (Å²) in [4.78, 5) is 10.7. The minimum atomic E-state index is -0.523. The highest BCUT2D eigenvalue weighted by Gasteiger charge is 2.05. The Kier molecular flexibility index (Phi) is 3.90. The van der Waals surface area contributed by atoms with Crippen LogP contribution >= 0.6 is 0 Å². The molecule has 2 nitrogen and oxygen atoms in total. The standard InChI is InChI=1S/C15H12F2O2/c1-10-4-11(8-18)6-14(5-10)19-9-12-7-13(16)2-3-15(12)17/h2-8H,9H2,1H3. The largest absolute Gasteiger partial charge is 0.489 e. The third kappa shape index (κ3) is 3.37. The van der Waals surface area contributed by atoms with E-state index in [0.29, 0.717) is 17.6 Å². The van der Waals surface area contributed by atoms with Gasteiger partial charge in [0.1, 0.15) is 30.3 Å². The first-order chi connectivity index (χ1) is 9.08. The van der Waals surface area contributed by atoms with Gasteiger partial charge in [-0.25, -0.2) is 8.78 Å². The molecule has 0 aliphatic heterocycles. The van der Waals surface area contributed by atoms with Crippen molar-refractivity contribution in [2.24, 2.45) is 0 Å². The zero-order valence-corrected chi connectivity index (χ0v) is 10.3. The van der Waals surface area contributed by atoms with Crippen LogP contribution in [0, 0.1) is 18.6 Å². The van der Waals surface area contributed by atoms with Crippen LogP contribution in [0.1, 0.15) is 21.5 Å². The lowest BCUT2D eigenvalue weighted by atomic mass is 10.1. The zero-order valence-electron chi connectivity index (χ0n) is 10.3. The number of aldehydes is 1. The SMILES string of the molecule is Cc1cc(C=O)cc(OCc2cc(F)ccc2F)c1. The van der Waals surface area contributed by atoms with E-state index in [9.17, 15) is 13.6 Å². The van der Waals surface area contributed by atoms with Gasteiger partial charge in [0.2, 0.25) is 0 Å². The molecule has 0 radical (unpaired) electrons. The number of hydrogen-bond donors (Lipinski definition) is 0. The van der Waals surface area contributed by atoms with Crippen molar-refractivity contribution in [1.82, 2.24) is 0 Å². The van der Waals surface area contributed by atoms with Crippen molar-refractivity contribution >= 4 is 6.29 Å². The van der Waals surface area contributed by atoms with Gasteiger partial charge in [-0.1, -0.05) is 0 Å². The maximum absolute atomic E-state index is 13.4. The second kappa shape index (κ2) is 5.61. The monoisotopic (exact) mass is 262 g/mol. The number of carbonyl (C=O) groups excluding carboxylic acids is 1. The van der Waals surface area contributed by atoms with Crippen LogP contribution < -0.4 is 4.74 Å². The Hall–Kier alpha value is -2.23. The minimum Gasteiger partial charge on any atom is -0.489 e. The van der Waals surface area contributed by atoms with Crippen LogP contribution in [0.2, 0.25) is 0 Å². The van der Waals surface area contributed by atoms with Crippen molar-refractivity contribution < 1.29 is 18.3 Å². The molecule has 0 saturated carbocycles. The van der Waals surface area contributed by atoms with Crippen molar-refractivity contribution in [3.8, 4) is 5.75 Å². The van der Waals surface area contributed by atoms with Gasteiger partial charge >= 0.3 is 0 Å². The molecule has 98 valence electrons. The van der Waals surface area contributed by atoms with Crippen molar-refractivity contribution in [3.05, 3.63) is 64.7 Å². The summed E-state index contributed by atoms with van der Waals surface area (Å²) < 4.78 is 31.8. The van der Waals surface area contributed by atoms with E-state index in [1.807, 2.05) is 6.92 Å². The third-order valence-electron chi connectivity index (χ3n) is 2.61. The van der Waals surface area contributed by atoms with Crippen LogP contribution in [0.15, 0.2) is 36.4 Å². The molecule has 0 unspecified atom stereocenters. The third-order valence-corrected chi connectivity index (χ3v) is 2.61. The number of rotatable bonds is 4. The molecule has 2 aromatic rings. The zero-order chi connectivity index (χ0) is 13.8. The van der Waals surface area contributed by atoms with Gasteiger partial charge in [-0.2, -0.15) is 0 Å². The molecule has 19 heavy (non-hydrogen) atoms. The molecule has 0 aromatic heterocycles. The second-order valence-electron chi connectivity index (χ2n) is 4.22. The summed E-state index contributed by atoms with van der Waals surface area (Å²) in [5, 5.41) is 0. The average Bonchev–Trinajstić information content (AvgIpc) is 2.39. The summed E-state index contributed by atoms with van der Waals surface area (Å²) >= 11 is 0. The minimum absolute atomic E-state index is 0.0919. The number of halogens is 2. The highest BCUT2D eigenvalue weighted by atomic mass is 19.1. The fourth-order valence-corrected chi connectivity index (χ4v) is 1.74. The van der Waals surface area contributed by atoms with Crippen LogP contribution in [-0.2, 0) is 6.61 Å². The van der Waals surface area contributed by atoms with E-state index >= 15 is 0 Å². The predicted octanol–water partition coefficient (Wildman–Crippen LogP) is 3.66. The number of benzene rings is 2. The van der Waals surface area contributed by atoms with Gasteiger partial charge in [0, 0.05) is 11.1 Å². The number of hydrogen-bond acceptors (Lipinski definition) is 2. The van der Waals surface area contributed by atoms with E-state index in [1.54, 1.807) is 18.2 Å². The number of ether oxygens (including phenoxy) is 1. The van der Waals surface area contributed by atoms with Crippen molar-refractivity contribution in [2.75, 3.05) is 0 Å². The van der Waals surface area contributed by atoms with Crippen molar-refractivity contribution in [3.63, 3.8) is 0 Å². The molecule has 2 rings (SSSR count). The lowest BCUT2D eigenvalue weighted by molar-refractivity contribution is 0.112. The molecule has 2 aromatic carbocycles. The molecule has 0 aliphatic rings. The quantitative estimate of drug-likeness (QED) is 0.786. The van der Waals surface area contributed by atoms with Gasteiger partial charge in [0.25, 0.3) is 0 Å². The molecule has 0 N–H and O–H groups in total.